The molecule has 1 heterocycles. The number of hydrogen-bond acceptors (Lipinski definition) is 5. The molecule has 0 atom stereocenters. The molecule has 1 fully saturated rings. The summed E-state index contributed by atoms with van der Waals surface area (Å²) < 4.78 is 18.8. The van der Waals surface area contributed by atoms with Gasteiger partial charge in [0.2, 0.25) is 0 Å². The lowest BCUT2D eigenvalue weighted by molar-refractivity contribution is -0.384. The molecule has 7 nitrogen and oxygen atoms in total. The molecule has 0 amide bonds. The van der Waals surface area contributed by atoms with Crippen LogP contribution in [0.4, 0.5) is 15.8 Å². The Kier molecular flexibility index (Phi) is 4.15. The molecule has 1 aliphatic heterocycles. The van der Waals surface area contributed by atoms with Gasteiger partial charge in [-0.1, -0.05) is 0 Å². The fourth-order valence-electron chi connectivity index (χ4n) is 2.18. The van der Waals surface area contributed by atoms with Gasteiger partial charge in [-0.2, -0.15) is 0 Å². The molecule has 0 bridgehead atoms. The molecular formula is C12H12BrFN2O5. The summed E-state index contributed by atoms with van der Waals surface area (Å²) in [5.74, 6) is -1.79. The highest BCUT2D eigenvalue weighted by molar-refractivity contribution is 9.10. The highest BCUT2D eigenvalue weighted by atomic mass is 79.9. The number of hydrogen-bond donors (Lipinski definition) is 1. The number of halogens is 2. The van der Waals surface area contributed by atoms with Gasteiger partial charge in [-0.15, -0.1) is 0 Å². The highest BCUT2D eigenvalue weighted by Crippen LogP contribution is 2.38. The van der Waals surface area contributed by atoms with Crippen LogP contribution in [0.25, 0.3) is 0 Å². The van der Waals surface area contributed by atoms with Crippen LogP contribution in [0.2, 0.25) is 0 Å². The summed E-state index contributed by atoms with van der Waals surface area (Å²) in [6.45, 7) is 1.87. The highest BCUT2D eigenvalue weighted by Gasteiger charge is 2.42. The van der Waals surface area contributed by atoms with Crippen LogP contribution >= 0.6 is 15.9 Å². The number of carboxylic acids is 1. The Balaban J connectivity index is 2.16. The molecule has 0 radical (unpaired) electrons. The molecule has 1 aromatic rings. The van der Waals surface area contributed by atoms with E-state index in [4.69, 9.17) is 9.84 Å². The van der Waals surface area contributed by atoms with E-state index in [2.05, 4.69) is 15.9 Å². The molecule has 0 aliphatic carbocycles. The lowest BCUT2D eigenvalue weighted by Gasteiger charge is -2.48. The summed E-state index contributed by atoms with van der Waals surface area (Å²) >= 11 is 3.00. The van der Waals surface area contributed by atoms with Gasteiger partial charge in [0.05, 0.1) is 15.5 Å². The van der Waals surface area contributed by atoms with E-state index >= 15 is 0 Å². The monoisotopic (exact) mass is 362 g/mol. The Hall–Kier alpha value is -1.74. The van der Waals surface area contributed by atoms with Crippen molar-refractivity contribution in [1.29, 1.82) is 0 Å². The zero-order valence-corrected chi connectivity index (χ0v) is 12.6. The van der Waals surface area contributed by atoms with Crippen molar-refractivity contribution in [2.45, 2.75) is 12.5 Å². The maximum absolute atomic E-state index is 13.4. The molecule has 0 spiro atoms. The predicted octanol–water partition coefficient (Wildman–Crippen LogP) is 2.18. The third kappa shape index (κ3) is 3.30. The van der Waals surface area contributed by atoms with Crippen LogP contribution in [0.15, 0.2) is 16.6 Å². The van der Waals surface area contributed by atoms with Crippen molar-refractivity contribution in [2.75, 3.05) is 24.6 Å². The zero-order chi connectivity index (χ0) is 15.8. The van der Waals surface area contributed by atoms with Crippen molar-refractivity contribution < 1.29 is 24.0 Å². The SMILES string of the molecule is CC1(OCC(=O)O)CN(c2cc(Br)c(F)cc2[N+](=O)[O-])C1. The first-order chi connectivity index (χ1) is 9.72. The number of benzene rings is 1. The van der Waals surface area contributed by atoms with E-state index in [1.807, 2.05) is 0 Å². The van der Waals surface area contributed by atoms with E-state index < -0.39 is 28.9 Å². The van der Waals surface area contributed by atoms with E-state index in [9.17, 15) is 19.3 Å². The van der Waals surface area contributed by atoms with Gasteiger partial charge in [0.25, 0.3) is 5.69 Å². The number of nitrogens with zero attached hydrogens (tertiary/aromatic N) is 2. The first-order valence-corrected chi connectivity index (χ1v) is 6.75. The molecule has 1 aliphatic rings. The van der Waals surface area contributed by atoms with Gasteiger partial charge in [-0.3, -0.25) is 10.1 Å². The first kappa shape index (κ1) is 15.6. The fourth-order valence-corrected chi connectivity index (χ4v) is 2.52. The number of ether oxygens (including phenoxy) is 1. The number of carboxylic acid groups (broad SMARTS) is 1. The van der Waals surface area contributed by atoms with E-state index in [-0.39, 0.29) is 15.8 Å². The fraction of sp³-hybridized carbons (Fsp3) is 0.417. The van der Waals surface area contributed by atoms with Crippen molar-refractivity contribution in [3.8, 4) is 0 Å². The van der Waals surface area contributed by atoms with Crippen molar-refractivity contribution in [3.63, 3.8) is 0 Å². The van der Waals surface area contributed by atoms with E-state index in [1.54, 1.807) is 11.8 Å². The number of anilines is 1. The second kappa shape index (κ2) is 5.57. The van der Waals surface area contributed by atoms with Gasteiger partial charge in [-0.05, 0) is 28.9 Å². The number of rotatable bonds is 5. The van der Waals surface area contributed by atoms with Crippen molar-refractivity contribution in [1.82, 2.24) is 0 Å². The molecule has 21 heavy (non-hydrogen) atoms. The average Bonchev–Trinajstić information content (AvgIpc) is 2.35. The Morgan fingerprint density at radius 1 is 1.62 bits per heavy atom. The van der Waals surface area contributed by atoms with Crippen LogP contribution in [0, 0.1) is 15.9 Å². The molecule has 9 heteroatoms. The molecule has 2 rings (SSSR count). The summed E-state index contributed by atoms with van der Waals surface area (Å²) in [5, 5.41) is 19.6. The maximum Gasteiger partial charge on any atom is 0.329 e. The Morgan fingerprint density at radius 2 is 2.24 bits per heavy atom. The van der Waals surface area contributed by atoms with Crippen LogP contribution in [0.3, 0.4) is 0 Å². The van der Waals surface area contributed by atoms with Crippen molar-refractivity contribution in [2.24, 2.45) is 0 Å². The molecule has 0 aromatic heterocycles. The van der Waals surface area contributed by atoms with E-state index in [0.29, 0.717) is 13.1 Å². The zero-order valence-electron chi connectivity index (χ0n) is 11.0. The summed E-state index contributed by atoms with van der Waals surface area (Å²) in [6, 6.07) is 2.19. The third-order valence-corrected chi connectivity index (χ3v) is 3.76. The van der Waals surface area contributed by atoms with Crippen LogP contribution in [-0.2, 0) is 9.53 Å². The minimum Gasteiger partial charge on any atom is -0.480 e. The number of nitro groups is 1. The maximum atomic E-state index is 13.4. The summed E-state index contributed by atoms with van der Waals surface area (Å²) in [4.78, 5) is 22.5. The summed E-state index contributed by atoms with van der Waals surface area (Å²) in [6.07, 6.45) is 0. The number of nitro benzene ring substituents is 1. The average molecular weight is 363 g/mol. The van der Waals surface area contributed by atoms with E-state index in [0.717, 1.165) is 6.07 Å². The molecule has 114 valence electrons. The van der Waals surface area contributed by atoms with E-state index in [1.165, 1.54) is 6.07 Å². The van der Waals surface area contributed by atoms with Crippen molar-refractivity contribution >= 4 is 33.3 Å². The van der Waals surface area contributed by atoms with Crippen molar-refractivity contribution in [3.05, 3.63) is 32.5 Å². The van der Waals surface area contributed by atoms with Crippen LogP contribution in [0.5, 0.6) is 0 Å². The Bertz CT molecular complexity index is 604. The number of carbonyl (C=O) groups is 1. The van der Waals surface area contributed by atoms with Crippen LogP contribution in [-0.4, -0.2) is 41.3 Å². The molecule has 1 saturated heterocycles. The standard InChI is InChI=1S/C12H12BrFN2O5/c1-12(21-4-11(17)18)5-15(6-12)9-2-7(13)8(14)3-10(9)16(19)20/h2-3H,4-6H2,1H3,(H,17,18). The smallest absolute Gasteiger partial charge is 0.329 e. The van der Waals surface area contributed by atoms with Gasteiger partial charge < -0.3 is 14.7 Å². The molecule has 0 saturated carbocycles. The topological polar surface area (TPSA) is 92.9 Å². The normalized spacial score (nSPS) is 16.4. The molecule has 0 unspecified atom stereocenters. The largest absolute Gasteiger partial charge is 0.480 e. The number of aliphatic carboxylic acids is 1. The summed E-state index contributed by atoms with van der Waals surface area (Å²) in [7, 11) is 0. The lowest BCUT2D eigenvalue weighted by atomic mass is 9.95. The second-order valence-corrected chi connectivity index (χ2v) is 5.85. The molecular weight excluding hydrogens is 351 g/mol. The first-order valence-electron chi connectivity index (χ1n) is 5.96. The summed E-state index contributed by atoms with van der Waals surface area (Å²) in [5.41, 5.74) is -0.756. The third-order valence-electron chi connectivity index (χ3n) is 3.15. The second-order valence-electron chi connectivity index (χ2n) is 5.00. The molecule has 1 aromatic carbocycles. The van der Waals surface area contributed by atoms with Gasteiger partial charge in [0.1, 0.15) is 23.7 Å². The minimum atomic E-state index is -1.08. The Labute approximate surface area is 127 Å². The van der Waals surface area contributed by atoms with Crippen LogP contribution < -0.4 is 4.90 Å². The van der Waals surface area contributed by atoms with Gasteiger partial charge in [-0.25, -0.2) is 9.18 Å². The Morgan fingerprint density at radius 3 is 2.76 bits per heavy atom. The molecule has 1 N–H and O–H groups in total. The van der Waals surface area contributed by atoms with Gasteiger partial charge in [0, 0.05) is 13.1 Å². The lowest BCUT2D eigenvalue weighted by Crippen LogP contribution is -2.62. The predicted molar refractivity (Wildman–Crippen MR) is 75.0 cm³/mol. The van der Waals surface area contributed by atoms with Gasteiger partial charge in [0.15, 0.2) is 0 Å². The minimum absolute atomic E-state index is 0.128. The quantitative estimate of drug-likeness (QED) is 0.637. The van der Waals surface area contributed by atoms with Crippen LogP contribution in [0.1, 0.15) is 6.92 Å². The van der Waals surface area contributed by atoms with Gasteiger partial charge >= 0.3 is 5.97 Å².